The van der Waals surface area contributed by atoms with Crippen LogP contribution in [0.3, 0.4) is 0 Å². The van der Waals surface area contributed by atoms with Crippen LogP contribution in [0.5, 0.6) is 0 Å². The summed E-state index contributed by atoms with van der Waals surface area (Å²) in [7, 11) is 0. The zero-order valence-corrected chi connectivity index (χ0v) is 10.4. The van der Waals surface area contributed by atoms with Crippen molar-refractivity contribution in [1.82, 2.24) is 0 Å². The molecule has 0 radical (unpaired) electrons. The van der Waals surface area contributed by atoms with Gasteiger partial charge in [-0.2, -0.15) is 0 Å². The molecule has 0 unspecified atom stereocenters. The highest BCUT2D eigenvalue weighted by Crippen LogP contribution is 2.30. The lowest BCUT2D eigenvalue weighted by molar-refractivity contribution is 0.314. The topological polar surface area (TPSA) is 0 Å². The van der Waals surface area contributed by atoms with E-state index in [1.807, 2.05) is 12.1 Å². The normalized spacial score (nSPS) is 15.4. The number of hydrogen-bond acceptors (Lipinski definition) is 0. The molecule has 0 amide bonds. The second kappa shape index (κ2) is 4.93. The predicted octanol–water partition coefficient (Wildman–Crippen LogP) is 4.84. The molecule has 0 aromatic heterocycles. The van der Waals surface area contributed by atoms with Crippen molar-refractivity contribution in [3.63, 3.8) is 0 Å². The van der Waals surface area contributed by atoms with Crippen LogP contribution in [-0.2, 0) is 6.42 Å². The molecule has 1 aliphatic rings. The first kappa shape index (κ1) is 11.5. The zero-order valence-electron chi connectivity index (χ0n) is 10.4. The standard InChI is InChI=1S/C17H17F/c18-17-9-7-15(8-10-17)16-6-2-5-14(12-16)11-13-3-1-4-13/h2,5-10,12-13H,1,3-4,11H2. The highest BCUT2D eigenvalue weighted by Gasteiger charge is 2.17. The number of benzene rings is 2. The van der Waals surface area contributed by atoms with Crippen LogP contribution in [0.4, 0.5) is 4.39 Å². The van der Waals surface area contributed by atoms with Gasteiger partial charge in [0, 0.05) is 0 Å². The Morgan fingerprint density at radius 1 is 0.944 bits per heavy atom. The van der Waals surface area contributed by atoms with E-state index in [9.17, 15) is 4.39 Å². The maximum atomic E-state index is 12.9. The van der Waals surface area contributed by atoms with Crippen molar-refractivity contribution >= 4 is 0 Å². The van der Waals surface area contributed by atoms with Gasteiger partial charge in [-0.25, -0.2) is 4.39 Å². The van der Waals surface area contributed by atoms with E-state index >= 15 is 0 Å². The highest BCUT2D eigenvalue weighted by molar-refractivity contribution is 5.64. The molecule has 0 N–H and O–H groups in total. The first-order valence-electron chi connectivity index (χ1n) is 6.66. The SMILES string of the molecule is Fc1ccc(-c2cccc(CC3CCC3)c2)cc1. The second-order valence-electron chi connectivity index (χ2n) is 5.21. The third kappa shape index (κ3) is 2.45. The number of rotatable bonds is 3. The van der Waals surface area contributed by atoms with Crippen LogP contribution in [0, 0.1) is 11.7 Å². The van der Waals surface area contributed by atoms with Crippen LogP contribution in [0.1, 0.15) is 24.8 Å². The quantitative estimate of drug-likeness (QED) is 0.720. The molecule has 0 saturated heterocycles. The number of hydrogen-bond donors (Lipinski definition) is 0. The largest absolute Gasteiger partial charge is 0.207 e. The second-order valence-corrected chi connectivity index (χ2v) is 5.21. The van der Waals surface area contributed by atoms with Crippen molar-refractivity contribution < 1.29 is 4.39 Å². The Morgan fingerprint density at radius 2 is 1.72 bits per heavy atom. The highest BCUT2D eigenvalue weighted by atomic mass is 19.1. The summed E-state index contributed by atoms with van der Waals surface area (Å²) in [6, 6.07) is 15.4. The minimum absolute atomic E-state index is 0.177. The van der Waals surface area contributed by atoms with E-state index in [-0.39, 0.29) is 5.82 Å². The van der Waals surface area contributed by atoms with E-state index in [1.165, 1.54) is 48.9 Å². The Bertz CT molecular complexity index is 524. The summed E-state index contributed by atoms with van der Waals surface area (Å²) in [4.78, 5) is 0. The summed E-state index contributed by atoms with van der Waals surface area (Å²) in [5.41, 5.74) is 3.68. The fourth-order valence-corrected chi connectivity index (χ4v) is 2.55. The summed E-state index contributed by atoms with van der Waals surface area (Å²) >= 11 is 0. The molecule has 1 fully saturated rings. The fraction of sp³-hybridized carbons (Fsp3) is 0.294. The minimum Gasteiger partial charge on any atom is -0.207 e. The lowest BCUT2D eigenvalue weighted by atomic mass is 9.80. The molecule has 2 aromatic rings. The fourth-order valence-electron chi connectivity index (χ4n) is 2.55. The van der Waals surface area contributed by atoms with Crippen LogP contribution in [0.2, 0.25) is 0 Å². The molecule has 0 heterocycles. The van der Waals surface area contributed by atoms with E-state index < -0.39 is 0 Å². The summed E-state index contributed by atoms with van der Waals surface area (Å²) in [5, 5.41) is 0. The van der Waals surface area contributed by atoms with Crippen molar-refractivity contribution in [3.05, 3.63) is 59.9 Å². The van der Waals surface area contributed by atoms with Gasteiger partial charge in [0.05, 0.1) is 0 Å². The zero-order chi connectivity index (χ0) is 12.4. The van der Waals surface area contributed by atoms with Gasteiger partial charge in [-0.15, -0.1) is 0 Å². The van der Waals surface area contributed by atoms with Gasteiger partial charge in [0.25, 0.3) is 0 Å². The Kier molecular flexibility index (Phi) is 3.14. The molecule has 92 valence electrons. The van der Waals surface area contributed by atoms with Gasteiger partial charge in [0.2, 0.25) is 0 Å². The van der Waals surface area contributed by atoms with Gasteiger partial charge in [-0.05, 0) is 41.2 Å². The summed E-state index contributed by atoms with van der Waals surface area (Å²) in [5.74, 6) is 0.706. The van der Waals surface area contributed by atoms with Crippen molar-refractivity contribution in [2.45, 2.75) is 25.7 Å². The molecule has 1 heteroatoms. The van der Waals surface area contributed by atoms with E-state index in [0.29, 0.717) is 0 Å². The van der Waals surface area contributed by atoms with Crippen LogP contribution < -0.4 is 0 Å². The van der Waals surface area contributed by atoms with E-state index in [0.717, 1.165) is 11.5 Å². The Morgan fingerprint density at radius 3 is 2.39 bits per heavy atom. The lowest BCUT2D eigenvalue weighted by Crippen LogP contribution is -2.13. The Labute approximate surface area is 107 Å². The first-order chi connectivity index (χ1) is 8.81. The van der Waals surface area contributed by atoms with Gasteiger partial charge >= 0.3 is 0 Å². The Balaban J connectivity index is 1.83. The van der Waals surface area contributed by atoms with Gasteiger partial charge in [0.15, 0.2) is 0 Å². The molecule has 0 bridgehead atoms. The van der Waals surface area contributed by atoms with Crippen molar-refractivity contribution in [2.75, 3.05) is 0 Å². The van der Waals surface area contributed by atoms with Crippen LogP contribution in [-0.4, -0.2) is 0 Å². The molecular formula is C17H17F. The summed E-state index contributed by atoms with van der Waals surface area (Å²) in [6.07, 6.45) is 5.33. The lowest BCUT2D eigenvalue weighted by Gasteiger charge is -2.25. The molecule has 18 heavy (non-hydrogen) atoms. The van der Waals surface area contributed by atoms with Crippen LogP contribution in [0.25, 0.3) is 11.1 Å². The first-order valence-corrected chi connectivity index (χ1v) is 6.66. The molecular weight excluding hydrogens is 223 g/mol. The summed E-state index contributed by atoms with van der Waals surface area (Å²) < 4.78 is 12.9. The van der Waals surface area contributed by atoms with Crippen molar-refractivity contribution in [3.8, 4) is 11.1 Å². The average Bonchev–Trinajstić information content (AvgIpc) is 2.35. The van der Waals surface area contributed by atoms with Gasteiger partial charge in [-0.3, -0.25) is 0 Å². The van der Waals surface area contributed by atoms with E-state index in [4.69, 9.17) is 0 Å². The van der Waals surface area contributed by atoms with Gasteiger partial charge in [0.1, 0.15) is 5.82 Å². The smallest absolute Gasteiger partial charge is 0.123 e. The van der Waals surface area contributed by atoms with E-state index in [2.05, 4.69) is 24.3 Å². The third-order valence-electron chi connectivity index (χ3n) is 3.85. The van der Waals surface area contributed by atoms with E-state index in [1.54, 1.807) is 0 Å². The predicted molar refractivity (Wildman–Crippen MR) is 72.9 cm³/mol. The van der Waals surface area contributed by atoms with Crippen molar-refractivity contribution in [2.24, 2.45) is 5.92 Å². The van der Waals surface area contributed by atoms with Gasteiger partial charge < -0.3 is 0 Å². The average molecular weight is 240 g/mol. The molecule has 0 spiro atoms. The molecule has 0 nitrogen and oxygen atoms in total. The molecule has 1 aliphatic carbocycles. The summed E-state index contributed by atoms with van der Waals surface area (Å²) in [6.45, 7) is 0. The molecule has 0 atom stereocenters. The molecule has 1 saturated carbocycles. The molecule has 2 aromatic carbocycles. The maximum absolute atomic E-state index is 12.9. The van der Waals surface area contributed by atoms with Crippen molar-refractivity contribution in [1.29, 1.82) is 0 Å². The maximum Gasteiger partial charge on any atom is 0.123 e. The monoisotopic (exact) mass is 240 g/mol. The number of halogens is 1. The Hall–Kier alpha value is -1.63. The molecule has 3 rings (SSSR count). The van der Waals surface area contributed by atoms with Gasteiger partial charge in [-0.1, -0.05) is 55.7 Å². The molecule has 0 aliphatic heterocycles. The minimum atomic E-state index is -0.177. The third-order valence-corrected chi connectivity index (χ3v) is 3.85. The van der Waals surface area contributed by atoms with Crippen LogP contribution in [0.15, 0.2) is 48.5 Å². The van der Waals surface area contributed by atoms with Crippen LogP contribution >= 0.6 is 0 Å².